The fourth-order valence-electron chi connectivity index (χ4n) is 3.82. The zero-order chi connectivity index (χ0) is 22.1. The summed E-state index contributed by atoms with van der Waals surface area (Å²) >= 11 is 0. The van der Waals surface area contributed by atoms with Crippen LogP contribution < -0.4 is 9.64 Å². The molecule has 1 fully saturated rings. The van der Waals surface area contributed by atoms with Gasteiger partial charge < -0.3 is 19.5 Å². The molecule has 1 aliphatic heterocycles. The highest BCUT2D eigenvalue weighted by Gasteiger charge is 2.20. The van der Waals surface area contributed by atoms with Gasteiger partial charge in [0, 0.05) is 44.2 Å². The molecule has 1 N–H and O–H groups in total. The number of unbranched alkanes of at least 4 members (excludes halogenated alkanes) is 1. The summed E-state index contributed by atoms with van der Waals surface area (Å²) in [5.41, 5.74) is 1.14. The summed E-state index contributed by atoms with van der Waals surface area (Å²) in [6.45, 7) is 2.98. The number of aromatic nitrogens is 2. The van der Waals surface area contributed by atoms with Crippen molar-refractivity contribution in [2.45, 2.75) is 45.1 Å². The molecule has 1 aliphatic rings. The highest BCUT2D eigenvalue weighted by atomic mass is 19.1. The minimum absolute atomic E-state index is 0.169. The summed E-state index contributed by atoms with van der Waals surface area (Å²) in [6, 6.07) is 4.36. The van der Waals surface area contributed by atoms with Gasteiger partial charge in [-0.3, -0.25) is 4.79 Å². The number of rotatable bonds is 11. The smallest absolute Gasteiger partial charge is 0.307 e. The lowest BCUT2D eigenvalue weighted by molar-refractivity contribution is -0.136. The Morgan fingerprint density at radius 1 is 1.23 bits per heavy atom. The van der Waals surface area contributed by atoms with Crippen LogP contribution in [-0.2, 0) is 22.6 Å². The van der Waals surface area contributed by atoms with E-state index in [1.807, 2.05) is 12.4 Å². The van der Waals surface area contributed by atoms with Crippen molar-refractivity contribution in [3.63, 3.8) is 0 Å². The van der Waals surface area contributed by atoms with Crippen LogP contribution in [0.25, 0.3) is 0 Å². The van der Waals surface area contributed by atoms with Crippen LogP contribution in [-0.4, -0.2) is 47.8 Å². The molecule has 0 bridgehead atoms. The third-order valence-electron chi connectivity index (χ3n) is 5.54. The number of piperidine rings is 1. The van der Waals surface area contributed by atoms with Crippen LogP contribution in [0.4, 0.5) is 10.3 Å². The van der Waals surface area contributed by atoms with Gasteiger partial charge in [-0.05, 0) is 43.2 Å². The zero-order valence-corrected chi connectivity index (χ0v) is 17.9. The average molecular weight is 432 g/mol. The van der Waals surface area contributed by atoms with Crippen LogP contribution >= 0.6 is 0 Å². The van der Waals surface area contributed by atoms with Crippen molar-refractivity contribution in [3.05, 3.63) is 47.5 Å². The number of ether oxygens (including phenoxy) is 2. The monoisotopic (exact) mass is 431 g/mol. The van der Waals surface area contributed by atoms with E-state index in [4.69, 9.17) is 14.6 Å². The Hall–Kier alpha value is -2.74. The van der Waals surface area contributed by atoms with Gasteiger partial charge in [0.2, 0.25) is 5.95 Å². The lowest BCUT2D eigenvalue weighted by atomic mass is 9.92. The summed E-state index contributed by atoms with van der Waals surface area (Å²) in [5.74, 6) is 0.330. The van der Waals surface area contributed by atoms with Gasteiger partial charge in [0.05, 0.1) is 19.6 Å². The van der Waals surface area contributed by atoms with Gasteiger partial charge in [-0.1, -0.05) is 12.5 Å². The van der Waals surface area contributed by atoms with E-state index >= 15 is 0 Å². The molecule has 3 rings (SSSR count). The first kappa shape index (κ1) is 22.9. The molecule has 0 aliphatic carbocycles. The number of nitrogens with zero attached hydrogens (tertiary/aromatic N) is 3. The normalized spacial score (nSPS) is 14.6. The summed E-state index contributed by atoms with van der Waals surface area (Å²) < 4.78 is 24.6. The van der Waals surface area contributed by atoms with Crippen LogP contribution in [0.1, 0.15) is 43.2 Å². The molecule has 2 aromatic rings. The highest BCUT2D eigenvalue weighted by molar-refractivity contribution is 5.70. The molecule has 168 valence electrons. The van der Waals surface area contributed by atoms with Crippen molar-refractivity contribution in [2.24, 2.45) is 5.92 Å². The van der Waals surface area contributed by atoms with Gasteiger partial charge in [-0.15, -0.1) is 0 Å². The molecule has 0 radical (unpaired) electrons. The number of methoxy groups -OCH3 is 1. The van der Waals surface area contributed by atoms with Crippen LogP contribution in [0.15, 0.2) is 30.6 Å². The van der Waals surface area contributed by atoms with E-state index in [9.17, 15) is 9.18 Å². The Kier molecular flexibility index (Phi) is 8.58. The fourth-order valence-corrected chi connectivity index (χ4v) is 3.82. The molecule has 0 amide bonds. The molecular formula is C23H30FN3O4. The van der Waals surface area contributed by atoms with Gasteiger partial charge in [-0.2, -0.15) is 0 Å². The van der Waals surface area contributed by atoms with Crippen LogP contribution in [0.5, 0.6) is 5.75 Å². The van der Waals surface area contributed by atoms with E-state index in [0.29, 0.717) is 24.9 Å². The second-order valence-corrected chi connectivity index (χ2v) is 7.92. The first-order valence-electron chi connectivity index (χ1n) is 10.7. The first-order valence-corrected chi connectivity index (χ1v) is 10.7. The van der Waals surface area contributed by atoms with Gasteiger partial charge in [-0.25, -0.2) is 14.4 Å². The lowest BCUT2D eigenvalue weighted by Gasteiger charge is -2.32. The van der Waals surface area contributed by atoms with Crippen molar-refractivity contribution in [1.29, 1.82) is 0 Å². The molecular weight excluding hydrogens is 401 g/mol. The average Bonchev–Trinajstić information content (AvgIpc) is 2.76. The molecule has 0 atom stereocenters. The maximum absolute atomic E-state index is 13.9. The SMILES string of the molecule is COCc1cnc(N2CCC(CCCCOc3ccc(CC(=O)O)c(F)c3)CC2)nc1. The Balaban J connectivity index is 1.31. The Morgan fingerprint density at radius 3 is 2.61 bits per heavy atom. The minimum Gasteiger partial charge on any atom is -0.493 e. The van der Waals surface area contributed by atoms with Gasteiger partial charge >= 0.3 is 5.97 Å². The molecule has 0 unspecified atom stereocenters. The third-order valence-corrected chi connectivity index (χ3v) is 5.54. The maximum Gasteiger partial charge on any atom is 0.307 e. The molecule has 31 heavy (non-hydrogen) atoms. The zero-order valence-electron chi connectivity index (χ0n) is 17.9. The predicted octanol–water partition coefficient (Wildman–Crippen LogP) is 3.85. The second kappa shape index (κ2) is 11.6. The van der Waals surface area contributed by atoms with Crippen LogP contribution in [0.3, 0.4) is 0 Å². The number of carboxylic acid groups (broad SMARTS) is 1. The summed E-state index contributed by atoms with van der Waals surface area (Å²) in [7, 11) is 1.66. The van der Waals surface area contributed by atoms with E-state index in [1.165, 1.54) is 12.1 Å². The van der Waals surface area contributed by atoms with Gasteiger partial charge in [0.1, 0.15) is 11.6 Å². The standard InChI is InChI=1S/C23H30FN3O4/c1-30-16-18-14-25-23(26-15-18)27-9-7-17(8-10-27)4-2-3-11-31-20-6-5-19(12-22(28)29)21(24)13-20/h5-6,13-15,17H,2-4,7-12,16H2,1H3,(H,28,29). The van der Waals surface area contributed by atoms with E-state index in [0.717, 1.165) is 56.7 Å². The largest absolute Gasteiger partial charge is 0.493 e. The van der Waals surface area contributed by atoms with E-state index in [2.05, 4.69) is 14.9 Å². The van der Waals surface area contributed by atoms with Crippen LogP contribution in [0.2, 0.25) is 0 Å². The number of hydrogen-bond acceptors (Lipinski definition) is 6. The number of anilines is 1. The third kappa shape index (κ3) is 7.17. The molecule has 7 nitrogen and oxygen atoms in total. The number of hydrogen-bond donors (Lipinski definition) is 1. The predicted molar refractivity (Wildman–Crippen MR) is 115 cm³/mol. The number of halogens is 1. The topological polar surface area (TPSA) is 84.8 Å². The van der Waals surface area contributed by atoms with Crippen molar-refractivity contribution >= 4 is 11.9 Å². The fraction of sp³-hybridized carbons (Fsp3) is 0.522. The van der Waals surface area contributed by atoms with E-state index < -0.39 is 11.8 Å². The minimum atomic E-state index is -1.05. The van der Waals surface area contributed by atoms with Crippen molar-refractivity contribution in [2.75, 3.05) is 31.7 Å². The molecule has 1 aromatic carbocycles. The molecule has 1 saturated heterocycles. The lowest BCUT2D eigenvalue weighted by Crippen LogP contribution is -2.34. The molecule has 1 aromatic heterocycles. The summed E-state index contributed by atoms with van der Waals surface area (Å²) in [6.07, 6.45) is 8.69. The molecule has 8 heteroatoms. The van der Waals surface area contributed by atoms with Crippen molar-refractivity contribution in [1.82, 2.24) is 9.97 Å². The summed E-state index contributed by atoms with van der Waals surface area (Å²) in [5, 5.41) is 8.76. The second-order valence-electron chi connectivity index (χ2n) is 7.92. The molecule has 2 heterocycles. The quantitative estimate of drug-likeness (QED) is 0.541. The summed E-state index contributed by atoms with van der Waals surface area (Å²) in [4.78, 5) is 21.8. The maximum atomic E-state index is 13.9. The highest BCUT2D eigenvalue weighted by Crippen LogP contribution is 2.25. The van der Waals surface area contributed by atoms with E-state index in [1.54, 1.807) is 13.2 Å². The Morgan fingerprint density at radius 2 is 1.97 bits per heavy atom. The first-order chi connectivity index (χ1) is 15.0. The number of carbonyl (C=O) groups is 1. The van der Waals surface area contributed by atoms with Crippen molar-refractivity contribution in [3.8, 4) is 5.75 Å². The van der Waals surface area contributed by atoms with Gasteiger partial charge in [0.25, 0.3) is 0 Å². The molecule has 0 saturated carbocycles. The molecule has 0 spiro atoms. The Labute approximate surface area is 182 Å². The van der Waals surface area contributed by atoms with Crippen LogP contribution in [0, 0.1) is 11.7 Å². The number of carboxylic acids is 1. The Bertz CT molecular complexity index is 839. The van der Waals surface area contributed by atoms with Crippen molar-refractivity contribution < 1.29 is 23.8 Å². The number of aliphatic carboxylic acids is 1. The number of benzene rings is 1. The van der Waals surface area contributed by atoms with Gasteiger partial charge in [0.15, 0.2) is 0 Å². The van der Waals surface area contributed by atoms with E-state index in [-0.39, 0.29) is 12.0 Å².